The lowest BCUT2D eigenvalue weighted by Gasteiger charge is -2.32. The summed E-state index contributed by atoms with van der Waals surface area (Å²) < 4.78 is 1.81. The molecule has 3 heterocycles. The number of thiazole rings is 1. The number of rotatable bonds is 6. The molecule has 27 heavy (non-hydrogen) atoms. The van der Waals surface area contributed by atoms with Crippen molar-refractivity contribution >= 4 is 23.2 Å². The molecule has 1 N–H and O–H groups in total. The number of hydrogen-bond acceptors (Lipinski definition) is 6. The van der Waals surface area contributed by atoms with Crippen molar-refractivity contribution in [1.82, 2.24) is 30.2 Å². The number of likely N-dealkylation sites (tertiary alicyclic amines) is 1. The molecule has 2 aromatic rings. The van der Waals surface area contributed by atoms with Gasteiger partial charge >= 0.3 is 0 Å². The zero-order valence-corrected chi connectivity index (χ0v) is 16.8. The van der Waals surface area contributed by atoms with Gasteiger partial charge in [-0.2, -0.15) is 0 Å². The zero-order valence-electron chi connectivity index (χ0n) is 16.0. The van der Waals surface area contributed by atoms with E-state index in [2.05, 4.69) is 20.6 Å². The van der Waals surface area contributed by atoms with Crippen molar-refractivity contribution < 1.29 is 9.59 Å². The molecule has 3 rings (SSSR count). The first-order valence-corrected chi connectivity index (χ1v) is 10.3. The molecule has 2 amide bonds. The first-order valence-electron chi connectivity index (χ1n) is 9.31. The average molecular weight is 391 g/mol. The highest BCUT2D eigenvalue weighted by Gasteiger charge is 2.27. The van der Waals surface area contributed by atoms with Gasteiger partial charge < -0.3 is 10.2 Å². The quantitative estimate of drug-likeness (QED) is 0.815. The molecule has 9 heteroatoms. The van der Waals surface area contributed by atoms with Crippen LogP contribution in [-0.2, 0) is 11.3 Å². The van der Waals surface area contributed by atoms with Gasteiger partial charge in [0.1, 0.15) is 11.4 Å². The van der Waals surface area contributed by atoms with Crippen LogP contribution in [0.2, 0.25) is 0 Å². The first-order chi connectivity index (χ1) is 13.0. The SMILES string of the molecule is CC(C)C(C)C(=O)NCc1cn(C2CCCN(C(=O)c3cscn3)C2)nn1. The molecule has 146 valence electrons. The van der Waals surface area contributed by atoms with Gasteiger partial charge in [-0.1, -0.05) is 26.0 Å². The number of nitrogens with one attached hydrogen (secondary N) is 1. The van der Waals surface area contributed by atoms with Crippen molar-refractivity contribution in [3.63, 3.8) is 0 Å². The van der Waals surface area contributed by atoms with Crippen LogP contribution in [0.1, 0.15) is 55.8 Å². The average Bonchev–Trinajstić information content (AvgIpc) is 3.36. The van der Waals surface area contributed by atoms with Crippen molar-refractivity contribution in [3.05, 3.63) is 28.5 Å². The number of amides is 2. The smallest absolute Gasteiger partial charge is 0.273 e. The predicted octanol–water partition coefficient (Wildman–Crippen LogP) is 2.12. The number of aromatic nitrogens is 4. The summed E-state index contributed by atoms with van der Waals surface area (Å²) in [5.41, 5.74) is 2.90. The Kier molecular flexibility index (Phi) is 6.20. The predicted molar refractivity (Wildman–Crippen MR) is 102 cm³/mol. The number of piperidine rings is 1. The second kappa shape index (κ2) is 8.60. The molecule has 0 radical (unpaired) electrons. The molecule has 2 aromatic heterocycles. The van der Waals surface area contributed by atoms with E-state index in [-0.39, 0.29) is 23.8 Å². The Hall–Kier alpha value is -2.29. The van der Waals surface area contributed by atoms with Crippen LogP contribution in [0.3, 0.4) is 0 Å². The normalized spacial score (nSPS) is 18.5. The number of carbonyl (C=O) groups is 2. The third-order valence-electron chi connectivity index (χ3n) is 5.12. The van der Waals surface area contributed by atoms with Crippen LogP contribution in [0, 0.1) is 11.8 Å². The van der Waals surface area contributed by atoms with E-state index in [0.717, 1.165) is 25.1 Å². The molecule has 0 aromatic carbocycles. The summed E-state index contributed by atoms with van der Waals surface area (Å²) in [4.78, 5) is 30.5. The molecule has 1 fully saturated rings. The maximum atomic E-state index is 12.5. The van der Waals surface area contributed by atoms with Gasteiger partial charge in [-0.3, -0.25) is 9.59 Å². The Labute approximate surface area is 163 Å². The minimum atomic E-state index is -0.0383. The number of carbonyl (C=O) groups excluding carboxylic acids is 2. The highest BCUT2D eigenvalue weighted by molar-refractivity contribution is 7.07. The van der Waals surface area contributed by atoms with Crippen LogP contribution in [-0.4, -0.2) is 49.8 Å². The van der Waals surface area contributed by atoms with Gasteiger partial charge in [0.05, 0.1) is 24.3 Å². The van der Waals surface area contributed by atoms with Gasteiger partial charge in [-0.05, 0) is 18.8 Å². The number of hydrogen-bond donors (Lipinski definition) is 1. The maximum absolute atomic E-state index is 12.5. The summed E-state index contributed by atoms with van der Waals surface area (Å²) in [6.45, 7) is 7.68. The van der Waals surface area contributed by atoms with Gasteiger partial charge in [-0.25, -0.2) is 9.67 Å². The van der Waals surface area contributed by atoms with E-state index in [9.17, 15) is 9.59 Å². The Balaban J connectivity index is 1.57. The molecular weight excluding hydrogens is 364 g/mol. The molecule has 2 atom stereocenters. The molecule has 0 aliphatic carbocycles. The fourth-order valence-corrected chi connectivity index (χ4v) is 3.58. The minimum absolute atomic E-state index is 0.0252. The van der Waals surface area contributed by atoms with E-state index in [1.54, 1.807) is 10.9 Å². The summed E-state index contributed by atoms with van der Waals surface area (Å²) in [5.74, 6) is 0.251. The molecule has 0 saturated carbocycles. The van der Waals surface area contributed by atoms with Gasteiger partial charge in [0, 0.05) is 24.4 Å². The van der Waals surface area contributed by atoms with Crippen LogP contribution < -0.4 is 5.32 Å². The van der Waals surface area contributed by atoms with Gasteiger partial charge in [0.15, 0.2) is 0 Å². The monoisotopic (exact) mass is 390 g/mol. The Morgan fingerprint density at radius 2 is 2.19 bits per heavy atom. The second-order valence-electron chi connectivity index (χ2n) is 7.36. The highest BCUT2D eigenvalue weighted by atomic mass is 32.1. The third-order valence-corrected chi connectivity index (χ3v) is 5.71. The zero-order chi connectivity index (χ0) is 19.4. The van der Waals surface area contributed by atoms with Gasteiger partial charge in [-0.15, -0.1) is 16.4 Å². The van der Waals surface area contributed by atoms with Crippen LogP contribution in [0.4, 0.5) is 0 Å². The topological polar surface area (TPSA) is 93.0 Å². The summed E-state index contributed by atoms with van der Waals surface area (Å²) in [6.07, 6.45) is 3.72. The van der Waals surface area contributed by atoms with E-state index in [1.807, 2.05) is 36.5 Å². The van der Waals surface area contributed by atoms with Gasteiger partial charge in [0.25, 0.3) is 5.91 Å². The van der Waals surface area contributed by atoms with E-state index >= 15 is 0 Å². The van der Waals surface area contributed by atoms with Crippen LogP contribution in [0.5, 0.6) is 0 Å². The van der Waals surface area contributed by atoms with Crippen LogP contribution in [0.25, 0.3) is 0 Å². The first kappa shape index (κ1) is 19.5. The maximum Gasteiger partial charge on any atom is 0.273 e. The second-order valence-corrected chi connectivity index (χ2v) is 8.08. The summed E-state index contributed by atoms with van der Waals surface area (Å²) in [7, 11) is 0. The summed E-state index contributed by atoms with van der Waals surface area (Å²) in [6, 6.07) is 0.0906. The van der Waals surface area contributed by atoms with E-state index in [0.29, 0.717) is 24.7 Å². The molecule has 0 bridgehead atoms. The largest absolute Gasteiger partial charge is 0.350 e. The standard InChI is InChI=1S/C18H26N6O2S/c1-12(2)13(3)17(25)19-7-14-8-24(22-21-14)15-5-4-6-23(9-15)18(26)16-10-27-11-20-16/h8,10-13,15H,4-7,9H2,1-3H3,(H,19,25). The van der Waals surface area contributed by atoms with Crippen LogP contribution in [0.15, 0.2) is 17.1 Å². The van der Waals surface area contributed by atoms with Gasteiger partial charge in [0.2, 0.25) is 5.91 Å². The minimum Gasteiger partial charge on any atom is -0.350 e. The fraction of sp³-hybridized carbons (Fsp3) is 0.611. The molecule has 1 aliphatic heterocycles. The van der Waals surface area contributed by atoms with Crippen molar-refractivity contribution in [2.45, 2.75) is 46.2 Å². The molecule has 0 spiro atoms. The Morgan fingerprint density at radius 1 is 1.37 bits per heavy atom. The molecule has 1 aliphatic rings. The Bertz CT molecular complexity index is 773. The molecule has 1 saturated heterocycles. The molecule has 2 unspecified atom stereocenters. The molecular formula is C18H26N6O2S. The lowest BCUT2D eigenvalue weighted by molar-refractivity contribution is -0.125. The molecule has 8 nitrogen and oxygen atoms in total. The van der Waals surface area contributed by atoms with E-state index < -0.39 is 0 Å². The van der Waals surface area contributed by atoms with Crippen molar-refractivity contribution in [3.8, 4) is 0 Å². The fourth-order valence-electron chi connectivity index (χ4n) is 3.05. The van der Waals surface area contributed by atoms with Crippen molar-refractivity contribution in [2.75, 3.05) is 13.1 Å². The summed E-state index contributed by atoms with van der Waals surface area (Å²) >= 11 is 1.42. The lowest BCUT2D eigenvalue weighted by atomic mass is 9.97. The van der Waals surface area contributed by atoms with Crippen LogP contribution >= 0.6 is 11.3 Å². The Morgan fingerprint density at radius 3 is 2.89 bits per heavy atom. The van der Waals surface area contributed by atoms with E-state index in [4.69, 9.17) is 0 Å². The summed E-state index contributed by atoms with van der Waals surface area (Å²) in [5, 5.41) is 13.1. The van der Waals surface area contributed by atoms with E-state index in [1.165, 1.54) is 11.3 Å². The van der Waals surface area contributed by atoms with Crippen molar-refractivity contribution in [2.24, 2.45) is 11.8 Å². The highest BCUT2D eigenvalue weighted by Crippen LogP contribution is 2.22. The number of nitrogens with zero attached hydrogens (tertiary/aromatic N) is 5. The third kappa shape index (κ3) is 4.71. The van der Waals surface area contributed by atoms with Crippen molar-refractivity contribution in [1.29, 1.82) is 0 Å². The lowest BCUT2D eigenvalue weighted by Crippen LogP contribution is -2.41.